The van der Waals surface area contributed by atoms with E-state index in [0.717, 1.165) is 22.6 Å². The zero-order chi connectivity index (χ0) is 16.3. The minimum absolute atomic E-state index is 0.279. The third kappa shape index (κ3) is 4.21. The molecule has 6 nitrogen and oxygen atoms in total. The highest BCUT2D eigenvalue weighted by Crippen LogP contribution is 2.24. The van der Waals surface area contributed by atoms with E-state index in [1.54, 1.807) is 17.2 Å². The lowest BCUT2D eigenvalue weighted by Crippen LogP contribution is -2.39. The Morgan fingerprint density at radius 1 is 1.41 bits per heavy atom. The second-order valence-corrected chi connectivity index (χ2v) is 6.33. The zero-order valence-corrected chi connectivity index (χ0v) is 13.5. The van der Waals surface area contributed by atoms with Gasteiger partial charge in [0.25, 0.3) is 0 Å². The molecule has 0 spiro atoms. The number of hydroxylamine groups is 1. The second-order valence-electron chi connectivity index (χ2n) is 6.33. The van der Waals surface area contributed by atoms with Crippen LogP contribution in [0.2, 0.25) is 0 Å². The fourth-order valence-electron chi connectivity index (χ4n) is 2.19. The average Bonchev–Trinajstić information content (AvgIpc) is 2.46. The van der Waals surface area contributed by atoms with Crippen LogP contribution in [0.1, 0.15) is 32.8 Å². The number of carbonyl (C=O) groups is 1. The number of pyridine rings is 1. The van der Waals surface area contributed by atoms with Gasteiger partial charge in [0.1, 0.15) is 5.60 Å². The molecule has 0 atom stereocenters. The molecule has 1 aliphatic heterocycles. The summed E-state index contributed by atoms with van der Waals surface area (Å²) in [5.74, 6) is 0.496. The fourth-order valence-corrected chi connectivity index (χ4v) is 2.19. The number of anilines is 1. The standard InChI is InChI=1S/C16H23N3O3/c1-16(2,3)22-15(20)19-9-7-12(8-10-19)13-5-6-14(17-11-13)18(4)21/h5-7,11,21H,8-10H2,1-4H3. The van der Waals surface area contributed by atoms with Crippen LogP contribution in [0, 0.1) is 0 Å². The van der Waals surface area contributed by atoms with Gasteiger partial charge >= 0.3 is 6.09 Å². The Bertz CT molecular complexity index is 559. The summed E-state index contributed by atoms with van der Waals surface area (Å²) in [5, 5.41) is 10.3. The molecule has 6 heteroatoms. The first-order chi connectivity index (χ1) is 10.3. The molecule has 2 rings (SSSR count). The van der Waals surface area contributed by atoms with Crippen molar-refractivity contribution < 1.29 is 14.7 Å². The van der Waals surface area contributed by atoms with Crippen molar-refractivity contribution in [2.45, 2.75) is 32.8 Å². The third-order valence-corrected chi connectivity index (χ3v) is 3.31. The van der Waals surface area contributed by atoms with E-state index in [1.807, 2.05) is 32.9 Å². The molecule has 0 fully saturated rings. The molecule has 0 unspecified atom stereocenters. The largest absolute Gasteiger partial charge is 0.444 e. The Balaban J connectivity index is 2.00. The highest BCUT2D eigenvalue weighted by molar-refractivity contribution is 5.72. The molecule has 1 N–H and O–H groups in total. The maximum Gasteiger partial charge on any atom is 0.410 e. The van der Waals surface area contributed by atoms with Crippen molar-refractivity contribution in [3.05, 3.63) is 30.0 Å². The van der Waals surface area contributed by atoms with Gasteiger partial charge in [-0.05, 0) is 50.5 Å². The molecule has 1 amide bonds. The Labute approximate surface area is 131 Å². The number of aromatic nitrogens is 1. The van der Waals surface area contributed by atoms with E-state index < -0.39 is 5.60 Å². The van der Waals surface area contributed by atoms with Crippen LogP contribution in [-0.4, -0.2) is 46.9 Å². The van der Waals surface area contributed by atoms with Crippen molar-refractivity contribution in [1.29, 1.82) is 0 Å². The number of hydrogen-bond donors (Lipinski definition) is 1. The second kappa shape index (κ2) is 6.36. The minimum Gasteiger partial charge on any atom is -0.444 e. The summed E-state index contributed by atoms with van der Waals surface area (Å²) in [7, 11) is 1.53. The van der Waals surface area contributed by atoms with E-state index in [9.17, 15) is 10.0 Å². The fraction of sp³-hybridized carbons (Fsp3) is 0.500. The number of carbonyl (C=O) groups excluding carboxylic acids is 1. The first-order valence-corrected chi connectivity index (χ1v) is 7.32. The summed E-state index contributed by atoms with van der Waals surface area (Å²) in [6.07, 6.45) is 4.23. The normalized spacial score (nSPS) is 15.3. The molecule has 0 saturated carbocycles. The van der Waals surface area contributed by atoms with Gasteiger partial charge in [0.2, 0.25) is 0 Å². The Morgan fingerprint density at radius 3 is 2.59 bits per heavy atom. The molecule has 120 valence electrons. The van der Waals surface area contributed by atoms with Crippen molar-refractivity contribution >= 4 is 17.5 Å². The highest BCUT2D eigenvalue weighted by Gasteiger charge is 2.23. The lowest BCUT2D eigenvalue weighted by atomic mass is 10.0. The summed E-state index contributed by atoms with van der Waals surface area (Å²) in [5.41, 5.74) is 1.69. The third-order valence-electron chi connectivity index (χ3n) is 3.31. The molecule has 0 aliphatic carbocycles. The van der Waals surface area contributed by atoms with Gasteiger partial charge in [0.05, 0.1) is 0 Å². The van der Waals surface area contributed by atoms with Crippen molar-refractivity contribution in [2.75, 3.05) is 25.2 Å². The van der Waals surface area contributed by atoms with Gasteiger partial charge in [0.15, 0.2) is 5.82 Å². The quantitative estimate of drug-likeness (QED) is 0.851. The van der Waals surface area contributed by atoms with E-state index in [2.05, 4.69) is 4.98 Å². The molecular formula is C16H23N3O3. The molecule has 2 heterocycles. The van der Waals surface area contributed by atoms with Crippen LogP contribution in [-0.2, 0) is 4.74 Å². The number of ether oxygens (including phenoxy) is 1. The van der Waals surface area contributed by atoms with Crippen molar-refractivity contribution in [2.24, 2.45) is 0 Å². The Kier molecular flexibility index (Phi) is 4.71. The van der Waals surface area contributed by atoms with Crippen LogP contribution in [0.3, 0.4) is 0 Å². The van der Waals surface area contributed by atoms with Gasteiger partial charge < -0.3 is 9.64 Å². The number of nitrogens with zero attached hydrogens (tertiary/aromatic N) is 3. The maximum absolute atomic E-state index is 12.0. The molecule has 1 aliphatic rings. The minimum atomic E-state index is -0.475. The van der Waals surface area contributed by atoms with Crippen LogP contribution in [0.4, 0.5) is 10.6 Å². The van der Waals surface area contributed by atoms with E-state index in [4.69, 9.17) is 4.74 Å². The predicted octanol–water partition coefficient (Wildman–Crippen LogP) is 2.93. The molecular weight excluding hydrogens is 282 g/mol. The van der Waals surface area contributed by atoms with Gasteiger partial charge in [-0.1, -0.05) is 6.08 Å². The summed E-state index contributed by atoms with van der Waals surface area (Å²) in [4.78, 5) is 17.9. The first-order valence-electron chi connectivity index (χ1n) is 7.32. The van der Waals surface area contributed by atoms with Gasteiger partial charge in [-0.2, -0.15) is 0 Å². The molecule has 0 bridgehead atoms. The van der Waals surface area contributed by atoms with Crippen molar-refractivity contribution in [1.82, 2.24) is 9.88 Å². The lowest BCUT2D eigenvalue weighted by molar-refractivity contribution is 0.0270. The molecule has 22 heavy (non-hydrogen) atoms. The SMILES string of the molecule is CN(O)c1ccc(C2=CCN(C(=O)OC(C)(C)C)CC2)cn1. The number of hydrogen-bond acceptors (Lipinski definition) is 5. The summed E-state index contributed by atoms with van der Waals surface area (Å²) in [6.45, 7) is 6.75. The maximum atomic E-state index is 12.0. The van der Waals surface area contributed by atoms with Gasteiger partial charge in [-0.3, -0.25) is 5.21 Å². The summed E-state index contributed by atoms with van der Waals surface area (Å²) in [6, 6.07) is 3.68. The van der Waals surface area contributed by atoms with Gasteiger partial charge in [0, 0.05) is 26.3 Å². The molecule has 0 saturated heterocycles. The van der Waals surface area contributed by atoms with E-state index in [1.165, 1.54) is 7.05 Å². The lowest BCUT2D eigenvalue weighted by Gasteiger charge is -2.29. The van der Waals surface area contributed by atoms with Crippen molar-refractivity contribution in [3.8, 4) is 0 Å². The highest BCUT2D eigenvalue weighted by atomic mass is 16.6. The van der Waals surface area contributed by atoms with Crippen LogP contribution in [0.5, 0.6) is 0 Å². The number of amides is 1. The van der Waals surface area contributed by atoms with Crippen LogP contribution in [0.25, 0.3) is 5.57 Å². The number of rotatable bonds is 2. The molecule has 0 aromatic carbocycles. The Morgan fingerprint density at radius 2 is 2.14 bits per heavy atom. The van der Waals surface area contributed by atoms with E-state index >= 15 is 0 Å². The van der Waals surface area contributed by atoms with E-state index in [-0.39, 0.29) is 6.09 Å². The topological polar surface area (TPSA) is 65.9 Å². The zero-order valence-electron chi connectivity index (χ0n) is 13.5. The van der Waals surface area contributed by atoms with Gasteiger partial charge in [-0.25, -0.2) is 14.8 Å². The van der Waals surface area contributed by atoms with Crippen LogP contribution in [0.15, 0.2) is 24.4 Å². The van der Waals surface area contributed by atoms with E-state index in [0.29, 0.717) is 18.9 Å². The Hall–Kier alpha value is -2.08. The molecule has 1 aromatic heterocycles. The van der Waals surface area contributed by atoms with Crippen LogP contribution >= 0.6 is 0 Å². The smallest absolute Gasteiger partial charge is 0.410 e. The summed E-state index contributed by atoms with van der Waals surface area (Å²) >= 11 is 0. The monoisotopic (exact) mass is 305 g/mol. The average molecular weight is 305 g/mol. The van der Waals surface area contributed by atoms with Gasteiger partial charge in [-0.15, -0.1) is 0 Å². The molecule has 1 aromatic rings. The predicted molar refractivity (Wildman–Crippen MR) is 84.8 cm³/mol. The van der Waals surface area contributed by atoms with Crippen LogP contribution < -0.4 is 5.06 Å². The molecule has 0 radical (unpaired) electrons. The first kappa shape index (κ1) is 16.3. The van der Waals surface area contributed by atoms with Crippen molar-refractivity contribution in [3.63, 3.8) is 0 Å². The summed E-state index contributed by atoms with van der Waals surface area (Å²) < 4.78 is 5.37.